The van der Waals surface area contributed by atoms with Gasteiger partial charge in [-0.1, -0.05) is 5.11 Å². The summed E-state index contributed by atoms with van der Waals surface area (Å²) in [6, 6.07) is 0. The summed E-state index contributed by atoms with van der Waals surface area (Å²) in [6.07, 6.45) is 2.72. The van der Waals surface area contributed by atoms with Gasteiger partial charge in [0.25, 0.3) is 0 Å². The van der Waals surface area contributed by atoms with E-state index in [2.05, 4.69) is 15.1 Å². The maximum absolute atomic E-state index is 11.2. The second-order valence-corrected chi connectivity index (χ2v) is 3.83. The highest BCUT2D eigenvalue weighted by Crippen LogP contribution is 2.24. The maximum atomic E-state index is 11.2. The van der Waals surface area contributed by atoms with Crippen LogP contribution in [0.15, 0.2) is 11.3 Å². The van der Waals surface area contributed by atoms with Crippen molar-refractivity contribution in [2.75, 3.05) is 6.54 Å². The van der Waals surface area contributed by atoms with Crippen LogP contribution in [0.2, 0.25) is 0 Å². The van der Waals surface area contributed by atoms with Crippen molar-refractivity contribution in [3.8, 4) is 0 Å². The Labute approximate surface area is 98.7 Å². The third-order valence-corrected chi connectivity index (χ3v) is 2.54. The molecule has 0 aliphatic rings. The van der Waals surface area contributed by atoms with E-state index in [4.69, 9.17) is 5.53 Å². The van der Waals surface area contributed by atoms with Crippen molar-refractivity contribution < 1.29 is 9.90 Å². The number of aromatic nitrogens is 2. The van der Waals surface area contributed by atoms with Gasteiger partial charge in [-0.25, -0.2) is 0 Å². The summed E-state index contributed by atoms with van der Waals surface area (Å²) in [4.78, 5) is 13.8. The lowest BCUT2D eigenvalue weighted by Gasteiger charge is -2.10. The van der Waals surface area contributed by atoms with Crippen molar-refractivity contribution >= 4 is 5.97 Å². The minimum absolute atomic E-state index is 0.319. The summed E-state index contributed by atoms with van der Waals surface area (Å²) in [6.45, 7) is 2.11. The van der Waals surface area contributed by atoms with Gasteiger partial charge in [0.2, 0.25) is 0 Å². The summed E-state index contributed by atoms with van der Waals surface area (Å²) in [5.74, 6) is -1.46. The van der Waals surface area contributed by atoms with Gasteiger partial charge in [-0.05, 0) is 25.3 Å². The van der Waals surface area contributed by atoms with E-state index < -0.39 is 11.9 Å². The molecular formula is C10H15N5O2. The zero-order valence-corrected chi connectivity index (χ0v) is 9.87. The van der Waals surface area contributed by atoms with E-state index in [-0.39, 0.29) is 0 Å². The van der Waals surface area contributed by atoms with Crippen LogP contribution < -0.4 is 0 Å². The van der Waals surface area contributed by atoms with Crippen molar-refractivity contribution in [3.05, 3.63) is 27.9 Å². The maximum Gasteiger partial charge on any atom is 0.311 e. The highest BCUT2D eigenvalue weighted by atomic mass is 16.4. The largest absolute Gasteiger partial charge is 0.481 e. The monoisotopic (exact) mass is 237 g/mol. The van der Waals surface area contributed by atoms with E-state index in [1.807, 2.05) is 0 Å². The number of carbonyl (C=O) groups is 1. The number of hydrogen-bond donors (Lipinski definition) is 1. The van der Waals surface area contributed by atoms with Crippen LogP contribution in [-0.2, 0) is 11.8 Å². The molecule has 7 heteroatoms. The minimum Gasteiger partial charge on any atom is -0.481 e. The lowest BCUT2D eigenvalue weighted by Crippen LogP contribution is -2.12. The number of azide groups is 1. The van der Waals surface area contributed by atoms with Crippen LogP contribution >= 0.6 is 0 Å². The Bertz CT molecular complexity index is 448. The molecule has 0 bridgehead atoms. The van der Waals surface area contributed by atoms with Gasteiger partial charge in [-0.15, -0.1) is 0 Å². The van der Waals surface area contributed by atoms with E-state index in [0.29, 0.717) is 19.4 Å². The molecule has 0 spiro atoms. The highest BCUT2D eigenvalue weighted by molar-refractivity contribution is 5.76. The van der Waals surface area contributed by atoms with Gasteiger partial charge in [0, 0.05) is 30.3 Å². The standard InChI is InChI=1S/C10H15N5O2/c1-7-9(6-15(2)13-7)8(10(16)17)4-3-5-12-14-11/h6,8H,3-5H2,1-2H3,(H,16,17). The van der Waals surface area contributed by atoms with Crippen LogP contribution in [0.5, 0.6) is 0 Å². The second kappa shape index (κ2) is 5.91. The zero-order valence-electron chi connectivity index (χ0n) is 9.87. The first-order chi connectivity index (χ1) is 8.06. The molecule has 0 fully saturated rings. The highest BCUT2D eigenvalue weighted by Gasteiger charge is 2.22. The molecule has 1 unspecified atom stereocenters. The predicted octanol–water partition coefficient (Wildman–Crippen LogP) is 1.99. The van der Waals surface area contributed by atoms with Crippen molar-refractivity contribution in [2.24, 2.45) is 12.2 Å². The molecule has 1 aromatic heterocycles. The molecule has 0 aliphatic heterocycles. The first kappa shape index (κ1) is 13.1. The fourth-order valence-electron chi connectivity index (χ4n) is 1.78. The van der Waals surface area contributed by atoms with E-state index >= 15 is 0 Å². The Morgan fingerprint density at radius 2 is 2.47 bits per heavy atom. The molecule has 0 saturated heterocycles. The van der Waals surface area contributed by atoms with Crippen molar-refractivity contribution in [1.82, 2.24) is 9.78 Å². The summed E-state index contributed by atoms with van der Waals surface area (Å²) in [5, 5.41) is 16.7. The molecule has 0 aromatic carbocycles. The fourth-order valence-corrected chi connectivity index (χ4v) is 1.78. The van der Waals surface area contributed by atoms with Gasteiger partial charge >= 0.3 is 5.97 Å². The van der Waals surface area contributed by atoms with Crippen LogP contribution in [0.4, 0.5) is 0 Å². The number of carboxylic acids is 1. The number of aliphatic carboxylic acids is 1. The topological polar surface area (TPSA) is 104 Å². The normalized spacial score (nSPS) is 11.9. The molecule has 1 N–H and O–H groups in total. The second-order valence-electron chi connectivity index (χ2n) is 3.83. The van der Waals surface area contributed by atoms with Gasteiger partial charge in [-0.2, -0.15) is 5.10 Å². The average Bonchev–Trinajstić information content (AvgIpc) is 2.57. The van der Waals surface area contributed by atoms with E-state index in [1.54, 1.807) is 24.9 Å². The van der Waals surface area contributed by atoms with Gasteiger partial charge in [0.05, 0.1) is 11.6 Å². The fraction of sp³-hybridized carbons (Fsp3) is 0.600. The summed E-state index contributed by atoms with van der Waals surface area (Å²) in [5.41, 5.74) is 9.58. The zero-order chi connectivity index (χ0) is 12.8. The van der Waals surface area contributed by atoms with Crippen LogP contribution in [0, 0.1) is 6.92 Å². The Morgan fingerprint density at radius 3 is 2.94 bits per heavy atom. The Morgan fingerprint density at radius 1 is 1.76 bits per heavy atom. The van der Waals surface area contributed by atoms with Crippen molar-refractivity contribution in [1.29, 1.82) is 0 Å². The van der Waals surface area contributed by atoms with Crippen molar-refractivity contribution in [2.45, 2.75) is 25.7 Å². The molecule has 92 valence electrons. The first-order valence-corrected chi connectivity index (χ1v) is 5.30. The summed E-state index contributed by atoms with van der Waals surface area (Å²) in [7, 11) is 1.76. The SMILES string of the molecule is Cc1nn(C)cc1C(CCCN=[N+]=[N-])C(=O)O. The number of rotatable bonds is 6. The van der Waals surface area contributed by atoms with Crippen LogP contribution in [-0.4, -0.2) is 27.4 Å². The Hall–Kier alpha value is -2.01. The summed E-state index contributed by atoms with van der Waals surface area (Å²) >= 11 is 0. The van der Waals surface area contributed by atoms with Crippen molar-refractivity contribution in [3.63, 3.8) is 0 Å². The Balaban J connectivity index is 2.75. The lowest BCUT2D eigenvalue weighted by atomic mass is 9.95. The van der Waals surface area contributed by atoms with E-state index in [9.17, 15) is 9.90 Å². The lowest BCUT2D eigenvalue weighted by molar-refractivity contribution is -0.139. The molecule has 1 atom stereocenters. The minimum atomic E-state index is -0.873. The van der Waals surface area contributed by atoms with Gasteiger partial charge in [0.1, 0.15) is 0 Å². The van der Waals surface area contributed by atoms with Crippen LogP contribution in [0.3, 0.4) is 0 Å². The number of aryl methyl sites for hydroxylation is 2. The molecule has 0 amide bonds. The van der Waals surface area contributed by atoms with Gasteiger partial charge in [0.15, 0.2) is 0 Å². The summed E-state index contributed by atoms with van der Waals surface area (Å²) < 4.78 is 1.61. The third kappa shape index (κ3) is 3.49. The molecule has 0 radical (unpaired) electrons. The van der Waals surface area contributed by atoms with Crippen LogP contribution in [0.1, 0.15) is 30.0 Å². The Kier molecular flexibility index (Phi) is 4.54. The van der Waals surface area contributed by atoms with Crippen LogP contribution in [0.25, 0.3) is 10.4 Å². The molecule has 0 saturated carbocycles. The smallest absolute Gasteiger partial charge is 0.311 e. The number of hydrogen-bond acceptors (Lipinski definition) is 3. The molecule has 0 aliphatic carbocycles. The molecule has 7 nitrogen and oxygen atoms in total. The van der Waals surface area contributed by atoms with Gasteiger partial charge in [-0.3, -0.25) is 9.48 Å². The molecular weight excluding hydrogens is 222 g/mol. The molecule has 1 heterocycles. The number of carboxylic acid groups (broad SMARTS) is 1. The van der Waals surface area contributed by atoms with Gasteiger partial charge < -0.3 is 5.11 Å². The quantitative estimate of drug-likeness (QED) is 0.354. The average molecular weight is 237 g/mol. The third-order valence-electron chi connectivity index (χ3n) is 2.54. The number of nitrogens with zero attached hydrogens (tertiary/aromatic N) is 5. The van der Waals surface area contributed by atoms with E-state index in [0.717, 1.165) is 11.3 Å². The molecule has 17 heavy (non-hydrogen) atoms. The molecule has 1 rings (SSSR count). The first-order valence-electron chi connectivity index (χ1n) is 5.30. The molecule has 1 aromatic rings. The predicted molar refractivity (Wildman–Crippen MR) is 61.6 cm³/mol. The van der Waals surface area contributed by atoms with E-state index in [1.165, 1.54) is 0 Å².